The van der Waals surface area contributed by atoms with Crippen LogP contribution >= 0.6 is 22.9 Å². The van der Waals surface area contributed by atoms with E-state index in [9.17, 15) is 19.7 Å². The van der Waals surface area contributed by atoms with Gasteiger partial charge in [-0.3, -0.25) is 24.3 Å². The minimum atomic E-state index is -0.816. The number of aromatic nitrogens is 1. The molecule has 0 spiro atoms. The normalized spacial score (nSPS) is 14.7. The number of nitro groups is 1. The number of likely N-dealkylation sites (N-methyl/N-ethyl adjacent to an activating group) is 1. The summed E-state index contributed by atoms with van der Waals surface area (Å²) in [5.41, 5.74) is 1.49. The Kier molecular flexibility index (Phi) is 8.37. The van der Waals surface area contributed by atoms with Gasteiger partial charge in [0.05, 0.1) is 32.9 Å². The van der Waals surface area contributed by atoms with Crippen LogP contribution in [-0.2, 0) is 4.79 Å². The quantitative estimate of drug-likeness (QED) is 0.147. The number of carbonyl (C=O) groups excluding carboxylic acids is 1. The van der Waals surface area contributed by atoms with Crippen LogP contribution in [0, 0.1) is 10.1 Å². The molecule has 234 valence electrons. The van der Waals surface area contributed by atoms with E-state index >= 15 is 0 Å². The number of rotatable bonds is 8. The molecule has 0 saturated heterocycles. The zero-order chi connectivity index (χ0) is 32.7. The van der Waals surface area contributed by atoms with Gasteiger partial charge in [0.15, 0.2) is 4.80 Å². The Morgan fingerprint density at radius 2 is 1.91 bits per heavy atom. The van der Waals surface area contributed by atoms with Gasteiger partial charge in [-0.05, 0) is 55.8 Å². The Morgan fingerprint density at radius 3 is 2.63 bits per heavy atom. The van der Waals surface area contributed by atoms with Crippen LogP contribution < -0.4 is 19.6 Å². The van der Waals surface area contributed by atoms with Crippen LogP contribution in [0.5, 0.6) is 5.75 Å². The first-order valence-electron chi connectivity index (χ1n) is 14.6. The molecule has 12 heteroatoms. The summed E-state index contributed by atoms with van der Waals surface area (Å²) in [5.74, 6) is 0.999. The van der Waals surface area contributed by atoms with Crippen LogP contribution in [-0.4, -0.2) is 40.5 Å². The van der Waals surface area contributed by atoms with E-state index in [4.69, 9.17) is 25.7 Å². The summed E-state index contributed by atoms with van der Waals surface area (Å²) in [6.45, 7) is 6.60. The zero-order valence-electron chi connectivity index (χ0n) is 25.4. The van der Waals surface area contributed by atoms with Crippen molar-refractivity contribution < 1.29 is 18.9 Å². The number of benzene rings is 3. The first-order valence-corrected chi connectivity index (χ1v) is 15.8. The second-order valence-electron chi connectivity index (χ2n) is 10.6. The molecule has 5 aromatic rings. The van der Waals surface area contributed by atoms with Gasteiger partial charge < -0.3 is 14.1 Å². The third-order valence-electron chi connectivity index (χ3n) is 8.05. The van der Waals surface area contributed by atoms with Crippen molar-refractivity contribution in [3.8, 4) is 17.1 Å². The first kappa shape index (κ1) is 31.0. The lowest BCUT2D eigenvalue weighted by molar-refractivity contribution is -0.384. The lowest BCUT2D eigenvalue weighted by Gasteiger charge is -2.30. The Labute approximate surface area is 272 Å². The van der Waals surface area contributed by atoms with E-state index in [2.05, 4.69) is 0 Å². The molecule has 0 bridgehead atoms. The van der Waals surface area contributed by atoms with Crippen LogP contribution in [0.2, 0.25) is 5.02 Å². The maximum atomic E-state index is 14.3. The van der Waals surface area contributed by atoms with Gasteiger partial charge in [-0.1, -0.05) is 53.3 Å². The molecule has 1 aliphatic heterocycles. The van der Waals surface area contributed by atoms with Crippen molar-refractivity contribution in [1.82, 2.24) is 9.47 Å². The maximum Gasteiger partial charge on any atom is 0.271 e. The zero-order valence-corrected chi connectivity index (χ0v) is 27.0. The van der Waals surface area contributed by atoms with Crippen molar-refractivity contribution in [2.24, 2.45) is 4.99 Å². The number of carbonyl (C=O) groups is 1. The summed E-state index contributed by atoms with van der Waals surface area (Å²) in [6.07, 6.45) is 1.60. The summed E-state index contributed by atoms with van der Waals surface area (Å²) in [4.78, 5) is 46.2. The molecule has 0 fully saturated rings. The largest absolute Gasteiger partial charge is 0.496 e. The Bertz CT molecular complexity index is 2250. The highest BCUT2D eigenvalue weighted by Crippen LogP contribution is 2.40. The predicted octanol–water partition coefficient (Wildman–Crippen LogP) is 6.09. The molecule has 3 heterocycles. The Morgan fingerprint density at radius 1 is 1.15 bits per heavy atom. The SMILES string of the molecule is CCN(CC)C(=O)C1=C(C)N=c2s/c(=C/c3ccc(-c4cc([N+](=O)[O-])ccc4Cl)o3)c(=O)n2[C@H]1c1c(OC)ccc2ccccc12. The number of ether oxygens (including phenoxy) is 1. The lowest BCUT2D eigenvalue weighted by Crippen LogP contribution is -2.43. The number of nitro benzene ring substituents is 1. The van der Waals surface area contributed by atoms with Crippen LogP contribution in [0.3, 0.4) is 0 Å². The highest BCUT2D eigenvalue weighted by atomic mass is 35.5. The number of furan rings is 1. The third kappa shape index (κ3) is 5.31. The van der Waals surface area contributed by atoms with Gasteiger partial charge >= 0.3 is 0 Å². The molecule has 1 amide bonds. The van der Waals surface area contributed by atoms with Crippen LogP contribution in [0.1, 0.15) is 38.1 Å². The number of hydrogen-bond donors (Lipinski definition) is 0. The van der Waals surface area contributed by atoms with Gasteiger partial charge in [-0.25, -0.2) is 4.99 Å². The van der Waals surface area contributed by atoms with E-state index in [1.165, 1.54) is 29.5 Å². The van der Waals surface area contributed by atoms with Crippen LogP contribution in [0.4, 0.5) is 5.69 Å². The van der Waals surface area contributed by atoms with Crippen LogP contribution in [0.15, 0.2) is 92.2 Å². The van der Waals surface area contributed by atoms with E-state index < -0.39 is 11.0 Å². The molecule has 0 unspecified atom stereocenters. The summed E-state index contributed by atoms with van der Waals surface area (Å²) in [6, 6.07) is 18.2. The molecule has 0 saturated carbocycles. The molecule has 1 atom stereocenters. The van der Waals surface area contributed by atoms with Crippen molar-refractivity contribution >= 4 is 51.4 Å². The van der Waals surface area contributed by atoms with Gasteiger partial charge in [0.1, 0.15) is 23.3 Å². The number of non-ortho nitro benzene ring substituents is 1. The number of hydrogen-bond acceptors (Lipinski definition) is 8. The van der Waals surface area contributed by atoms with E-state index in [0.29, 0.717) is 62.1 Å². The lowest BCUT2D eigenvalue weighted by atomic mass is 9.90. The topological polar surface area (TPSA) is 120 Å². The molecule has 6 rings (SSSR count). The third-order valence-corrected chi connectivity index (χ3v) is 9.37. The van der Waals surface area contributed by atoms with Gasteiger partial charge in [0, 0.05) is 42.4 Å². The maximum absolute atomic E-state index is 14.3. The van der Waals surface area contributed by atoms with Gasteiger partial charge in [-0.15, -0.1) is 0 Å². The van der Waals surface area contributed by atoms with E-state index in [-0.39, 0.29) is 22.2 Å². The Hall–Kier alpha value is -5.00. The molecule has 0 N–H and O–H groups in total. The van der Waals surface area contributed by atoms with E-state index in [1.807, 2.05) is 50.2 Å². The second-order valence-corrected chi connectivity index (χ2v) is 12.0. The molecule has 46 heavy (non-hydrogen) atoms. The predicted molar refractivity (Wildman–Crippen MR) is 178 cm³/mol. The molecule has 3 aromatic carbocycles. The van der Waals surface area contributed by atoms with Crippen molar-refractivity contribution in [3.63, 3.8) is 0 Å². The van der Waals surface area contributed by atoms with E-state index in [0.717, 1.165) is 10.8 Å². The van der Waals surface area contributed by atoms with E-state index in [1.54, 1.807) is 41.7 Å². The van der Waals surface area contributed by atoms with Crippen molar-refractivity contribution in [1.29, 1.82) is 0 Å². The number of allylic oxidation sites excluding steroid dienone is 1. The summed E-state index contributed by atoms with van der Waals surface area (Å²) in [5, 5.41) is 13.4. The highest BCUT2D eigenvalue weighted by molar-refractivity contribution is 7.07. The molecular formula is C34H29ClN4O6S. The summed E-state index contributed by atoms with van der Waals surface area (Å²) >= 11 is 7.51. The average Bonchev–Trinajstić information content (AvgIpc) is 3.64. The van der Waals surface area contributed by atoms with Crippen molar-refractivity contribution in [2.75, 3.05) is 20.2 Å². The fourth-order valence-electron chi connectivity index (χ4n) is 5.80. The number of amides is 1. The molecular weight excluding hydrogens is 628 g/mol. The number of methoxy groups -OCH3 is 1. The Balaban J connectivity index is 1.56. The molecule has 0 aliphatic carbocycles. The number of thiazole rings is 1. The molecule has 0 radical (unpaired) electrons. The second kappa shape index (κ2) is 12.4. The molecule has 2 aromatic heterocycles. The standard InChI is InChI=1S/C34H29ClN4O6S/c1-5-37(6-2)33(41)29-19(3)36-34-38(31(29)30-23-10-8-7-9-20(23)11-15-27(30)44-4)32(40)28(46-34)18-22-13-16-26(45-22)24-17-21(39(42)43)12-14-25(24)35/h7-18,31H,5-6H2,1-4H3/b28-18+/t31-/m1/s1. The minimum absolute atomic E-state index is 0.125. The van der Waals surface area contributed by atoms with Crippen LogP contribution in [0.25, 0.3) is 28.2 Å². The minimum Gasteiger partial charge on any atom is -0.496 e. The first-order chi connectivity index (χ1) is 22.2. The number of halogens is 1. The van der Waals surface area contributed by atoms with Crippen molar-refractivity contribution in [2.45, 2.75) is 26.8 Å². The fourth-order valence-corrected chi connectivity index (χ4v) is 7.04. The average molecular weight is 657 g/mol. The molecule has 1 aliphatic rings. The highest BCUT2D eigenvalue weighted by Gasteiger charge is 2.36. The van der Waals surface area contributed by atoms with Gasteiger partial charge in [0.2, 0.25) is 0 Å². The smallest absolute Gasteiger partial charge is 0.271 e. The monoisotopic (exact) mass is 656 g/mol. The molecule has 10 nitrogen and oxygen atoms in total. The van der Waals surface area contributed by atoms with Gasteiger partial charge in [0.25, 0.3) is 17.2 Å². The number of nitrogens with zero attached hydrogens (tertiary/aromatic N) is 4. The van der Waals surface area contributed by atoms with Gasteiger partial charge in [-0.2, -0.15) is 0 Å². The fraction of sp³-hybridized carbons (Fsp3) is 0.206. The summed E-state index contributed by atoms with van der Waals surface area (Å²) in [7, 11) is 1.57. The number of fused-ring (bicyclic) bond motifs is 2. The summed E-state index contributed by atoms with van der Waals surface area (Å²) < 4.78 is 13.7. The van der Waals surface area contributed by atoms with Crippen molar-refractivity contribution in [3.05, 3.63) is 124 Å².